The summed E-state index contributed by atoms with van der Waals surface area (Å²) in [6.45, 7) is 0.305. The Bertz CT molecular complexity index is 236. The molecule has 0 unspecified atom stereocenters. The smallest absolute Gasteiger partial charge is 0.334 e. The molecule has 0 bridgehead atoms. The molecule has 15 heavy (non-hydrogen) atoms. The van der Waals surface area contributed by atoms with Gasteiger partial charge in [-0.3, -0.25) is 0 Å². The highest BCUT2D eigenvalue weighted by Crippen LogP contribution is 2.23. The lowest BCUT2D eigenvalue weighted by Gasteiger charge is -2.21. The van der Waals surface area contributed by atoms with Crippen LogP contribution in [-0.4, -0.2) is 29.7 Å². The first-order chi connectivity index (χ1) is 7.11. The first-order valence-corrected chi connectivity index (χ1v) is 5.26. The SMILES string of the molecule is N[C@H](C(=O)O)C(=O)OCC1CCCCC1. The summed E-state index contributed by atoms with van der Waals surface area (Å²) in [4.78, 5) is 21.5. The van der Waals surface area contributed by atoms with Crippen molar-refractivity contribution < 1.29 is 19.4 Å². The predicted molar refractivity (Wildman–Crippen MR) is 53.1 cm³/mol. The Morgan fingerprint density at radius 3 is 2.47 bits per heavy atom. The van der Waals surface area contributed by atoms with Crippen molar-refractivity contribution in [3.05, 3.63) is 0 Å². The van der Waals surface area contributed by atoms with E-state index in [1.807, 2.05) is 0 Å². The van der Waals surface area contributed by atoms with Crippen LogP contribution in [-0.2, 0) is 14.3 Å². The molecule has 0 aromatic heterocycles. The van der Waals surface area contributed by atoms with Gasteiger partial charge in [0.1, 0.15) is 0 Å². The Kier molecular flexibility index (Phi) is 4.55. The minimum absolute atomic E-state index is 0.305. The number of carboxylic acid groups (broad SMARTS) is 1. The van der Waals surface area contributed by atoms with Gasteiger partial charge in [0, 0.05) is 0 Å². The zero-order valence-electron chi connectivity index (χ0n) is 8.65. The Hall–Kier alpha value is -1.10. The van der Waals surface area contributed by atoms with Crippen molar-refractivity contribution in [2.75, 3.05) is 6.61 Å². The Morgan fingerprint density at radius 1 is 1.33 bits per heavy atom. The average Bonchev–Trinajstić information content (AvgIpc) is 2.26. The van der Waals surface area contributed by atoms with Crippen molar-refractivity contribution in [2.24, 2.45) is 11.7 Å². The summed E-state index contributed by atoms with van der Waals surface area (Å²) in [6.07, 6.45) is 5.66. The molecule has 0 aromatic carbocycles. The minimum atomic E-state index is -1.55. The number of rotatable bonds is 4. The number of nitrogens with two attached hydrogens (primary N) is 1. The fourth-order valence-electron chi connectivity index (χ4n) is 1.74. The minimum Gasteiger partial charge on any atom is -0.480 e. The molecule has 0 saturated heterocycles. The molecule has 0 aliphatic heterocycles. The molecule has 0 spiro atoms. The van der Waals surface area contributed by atoms with Gasteiger partial charge < -0.3 is 15.6 Å². The lowest BCUT2D eigenvalue weighted by Crippen LogP contribution is -2.40. The monoisotopic (exact) mass is 215 g/mol. The molecule has 5 nitrogen and oxygen atoms in total. The van der Waals surface area contributed by atoms with Crippen molar-refractivity contribution in [2.45, 2.75) is 38.1 Å². The van der Waals surface area contributed by atoms with Crippen LogP contribution in [0.3, 0.4) is 0 Å². The van der Waals surface area contributed by atoms with Crippen molar-refractivity contribution in [3.63, 3.8) is 0 Å². The van der Waals surface area contributed by atoms with Gasteiger partial charge in [-0.25, -0.2) is 9.59 Å². The van der Waals surface area contributed by atoms with E-state index in [0.717, 1.165) is 25.7 Å². The zero-order valence-corrected chi connectivity index (χ0v) is 8.65. The fraction of sp³-hybridized carbons (Fsp3) is 0.800. The Labute approximate surface area is 88.6 Å². The van der Waals surface area contributed by atoms with E-state index < -0.39 is 18.0 Å². The Balaban J connectivity index is 2.23. The van der Waals surface area contributed by atoms with Crippen molar-refractivity contribution in [3.8, 4) is 0 Å². The summed E-state index contributed by atoms with van der Waals surface area (Å²) >= 11 is 0. The zero-order chi connectivity index (χ0) is 11.3. The van der Waals surface area contributed by atoms with E-state index in [1.165, 1.54) is 6.42 Å². The molecule has 3 N–H and O–H groups in total. The molecule has 0 radical (unpaired) electrons. The second-order valence-electron chi connectivity index (χ2n) is 3.95. The first kappa shape index (κ1) is 12.0. The highest BCUT2D eigenvalue weighted by atomic mass is 16.5. The van der Waals surface area contributed by atoms with E-state index >= 15 is 0 Å². The highest BCUT2D eigenvalue weighted by molar-refractivity contribution is 5.97. The third-order valence-corrected chi connectivity index (χ3v) is 2.71. The molecule has 0 aromatic rings. The molecule has 0 heterocycles. The van der Waals surface area contributed by atoms with Crippen LogP contribution >= 0.6 is 0 Å². The number of carbonyl (C=O) groups is 2. The number of ether oxygens (including phenoxy) is 1. The third kappa shape index (κ3) is 3.87. The molecule has 1 fully saturated rings. The topological polar surface area (TPSA) is 89.6 Å². The molecule has 1 saturated carbocycles. The molecular formula is C10H17NO4. The molecule has 1 aliphatic rings. The van der Waals surface area contributed by atoms with E-state index in [1.54, 1.807) is 0 Å². The van der Waals surface area contributed by atoms with E-state index in [2.05, 4.69) is 0 Å². The maximum absolute atomic E-state index is 11.1. The van der Waals surface area contributed by atoms with Crippen LogP contribution in [0.5, 0.6) is 0 Å². The standard InChI is InChI=1S/C10H17NO4/c11-8(9(12)13)10(14)15-6-7-4-2-1-3-5-7/h7-8H,1-6,11H2,(H,12,13)/t8-/m1/s1. The van der Waals surface area contributed by atoms with Gasteiger partial charge in [-0.05, 0) is 18.8 Å². The van der Waals surface area contributed by atoms with E-state index in [4.69, 9.17) is 15.6 Å². The van der Waals surface area contributed by atoms with E-state index in [0.29, 0.717) is 12.5 Å². The van der Waals surface area contributed by atoms with Crippen LogP contribution in [0.2, 0.25) is 0 Å². The van der Waals surface area contributed by atoms with Crippen LogP contribution in [0.25, 0.3) is 0 Å². The molecule has 1 aliphatic carbocycles. The van der Waals surface area contributed by atoms with E-state index in [-0.39, 0.29) is 0 Å². The van der Waals surface area contributed by atoms with Gasteiger partial charge in [0.2, 0.25) is 6.04 Å². The molecule has 0 amide bonds. The maximum Gasteiger partial charge on any atom is 0.334 e. The van der Waals surface area contributed by atoms with Gasteiger partial charge in [0.05, 0.1) is 6.61 Å². The summed E-state index contributed by atoms with van der Waals surface area (Å²) in [5.74, 6) is -1.81. The second-order valence-corrected chi connectivity index (χ2v) is 3.95. The van der Waals surface area contributed by atoms with Gasteiger partial charge in [0.15, 0.2) is 0 Å². The number of carbonyl (C=O) groups excluding carboxylic acids is 1. The average molecular weight is 215 g/mol. The number of hydrogen-bond donors (Lipinski definition) is 2. The van der Waals surface area contributed by atoms with Crippen LogP contribution in [0.1, 0.15) is 32.1 Å². The van der Waals surface area contributed by atoms with E-state index in [9.17, 15) is 9.59 Å². The normalized spacial score (nSPS) is 19.5. The number of hydrogen-bond acceptors (Lipinski definition) is 4. The van der Waals surface area contributed by atoms with Crippen LogP contribution in [0, 0.1) is 5.92 Å². The van der Waals surface area contributed by atoms with Gasteiger partial charge in [0.25, 0.3) is 0 Å². The summed E-state index contributed by atoms with van der Waals surface area (Å²) < 4.78 is 4.86. The predicted octanol–water partition coefficient (Wildman–Crippen LogP) is 0.522. The van der Waals surface area contributed by atoms with Crippen molar-refractivity contribution in [1.82, 2.24) is 0 Å². The van der Waals surface area contributed by atoms with Crippen molar-refractivity contribution >= 4 is 11.9 Å². The lowest BCUT2D eigenvalue weighted by molar-refractivity contribution is -0.154. The lowest BCUT2D eigenvalue weighted by atomic mass is 9.90. The number of carboxylic acids is 1. The largest absolute Gasteiger partial charge is 0.480 e. The third-order valence-electron chi connectivity index (χ3n) is 2.71. The number of aliphatic carboxylic acids is 1. The number of esters is 1. The van der Waals surface area contributed by atoms with Gasteiger partial charge in [-0.15, -0.1) is 0 Å². The summed E-state index contributed by atoms with van der Waals surface area (Å²) in [5.41, 5.74) is 5.10. The quantitative estimate of drug-likeness (QED) is 0.527. The van der Waals surface area contributed by atoms with Crippen LogP contribution < -0.4 is 5.73 Å². The van der Waals surface area contributed by atoms with Crippen LogP contribution in [0.15, 0.2) is 0 Å². The summed E-state index contributed by atoms with van der Waals surface area (Å²) in [7, 11) is 0. The first-order valence-electron chi connectivity index (χ1n) is 5.26. The maximum atomic E-state index is 11.1. The molecule has 1 rings (SSSR count). The van der Waals surface area contributed by atoms with Gasteiger partial charge in [-0.2, -0.15) is 0 Å². The van der Waals surface area contributed by atoms with Crippen LogP contribution in [0.4, 0.5) is 0 Å². The second kappa shape index (κ2) is 5.70. The molecule has 86 valence electrons. The molecule has 1 atom stereocenters. The summed E-state index contributed by atoms with van der Waals surface area (Å²) in [6, 6.07) is -1.55. The highest BCUT2D eigenvalue weighted by Gasteiger charge is 2.24. The Morgan fingerprint density at radius 2 is 1.93 bits per heavy atom. The van der Waals surface area contributed by atoms with Gasteiger partial charge in [-0.1, -0.05) is 19.3 Å². The summed E-state index contributed by atoms with van der Waals surface area (Å²) in [5, 5.41) is 8.46. The molecular weight excluding hydrogens is 198 g/mol. The fourth-order valence-corrected chi connectivity index (χ4v) is 1.74. The van der Waals surface area contributed by atoms with Crippen molar-refractivity contribution in [1.29, 1.82) is 0 Å². The molecule has 5 heteroatoms. The van der Waals surface area contributed by atoms with Gasteiger partial charge >= 0.3 is 11.9 Å².